The molecular weight excluding hydrogens is 546 g/mol. The lowest BCUT2D eigenvalue weighted by Gasteiger charge is -2.45. The van der Waals surface area contributed by atoms with Gasteiger partial charge in [-0.15, -0.1) is 0 Å². The maximum atomic E-state index is 14.2. The summed E-state index contributed by atoms with van der Waals surface area (Å²) in [5.74, 6) is -4.07. The fourth-order valence-electron chi connectivity index (χ4n) is 7.03. The third kappa shape index (κ3) is 4.98. The Morgan fingerprint density at radius 3 is 1.60 bits per heavy atom. The first-order valence-corrected chi connectivity index (χ1v) is 14.5. The van der Waals surface area contributed by atoms with Crippen LogP contribution in [0, 0.1) is 17.8 Å². The van der Waals surface area contributed by atoms with Crippen LogP contribution in [0.1, 0.15) is 61.3 Å². The zero-order valence-corrected chi connectivity index (χ0v) is 24.2. The van der Waals surface area contributed by atoms with Crippen LogP contribution in [-0.2, 0) is 28.7 Å². The van der Waals surface area contributed by atoms with Gasteiger partial charge in [0, 0.05) is 30.1 Å². The smallest absolute Gasteiger partial charge is 0.329 e. The van der Waals surface area contributed by atoms with E-state index in [0.717, 1.165) is 27.2 Å². The largest absolute Gasteiger partial charge is 0.454 e. The molecule has 9 nitrogen and oxygen atoms in total. The minimum Gasteiger partial charge on any atom is -0.454 e. The highest BCUT2D eigenvalue weighted by Gasteiger charge is 2.63. The van der Waals surface area contributed by atoms with E-state index in [1.54, 1.807) is 24.3 Å². The Labute approximate surface area is 249 Å². The van der Waals surface area contributed by atoms with Crippen molar-refractivity contribution in [3.8, 4) is 0 Å². The number of carbonyl (C=O) groups excluding carboxylic acids is 5. The molecule has 4 amide bonds. The van der Waals surface area contributed by atoms with Gasteiger partial charge in [0.05, 0.1) is 11.8 Å². The van der Waals surface area contributed by atoms with Crippen LogP contribution in [0.15, 0.2) is 72.8 Å². The zero-order valence-electron chi connectivity index (χ0n) is 24.2. The van der Waals surface area contributed by atoms with Gasteiger partial charge >= 0.3 is 5.97 Å². The fourth-order valence-corrected chi connectivity index (χ4v) is 7.03. The predicted molar refractivity (Wildman–Crippen MR) is 159 cm³/mol. The number of amides is 4. The average Bonchev–Trinajstić information content (AvgIpc) is 3.25. The summed E-state index contributed by atoms with van der Waals surface area (Å²) in [7, 11) is 0. The summed E-state index contributed by atoms with van der Waals surface area (Å²) in [4.78, 5) is 66.8. The third-order valence-corrected chi connectivity index (χ3v) is 8.60. The summed E-state index contributed by atoms with van der Waals surface area (Å²) in [5.41, 5.74) is 5.26. The van der Waals surface area contributed by atoms with Crippen LogP contribution in [0.4, 0.5) is 11.4 Å². The standard InChI is InChI=1S/C34H33N3O6/c1-18(2)16-26(34(42)43-17-27(39)36-21-14-12-20(13-15-21)35-19(3)38)37-32(40)30-28-22-8-4-5-9-23(22)29(31(30)33(37)41)25-11-7-6-10-24(25)28/h4-15,18,26,28-31H,16-17H2,1-3H3,(H,35,38)(H,36,39)/t26-,28?,29?,30-,31+/m1/s1. The molecule has 0 aromatic heterocycles. The van der Waals surface area contributed by atoms with Crippen LogP contribution in [0.3, 0.4) is 0 Å². The Morgan fingerprint density at radius 1 is 0.744 bits per heavy atom. The Balaban J connectivity index is 1.21. The Hall–Kier alpha value is -4.79. The maximum Gasteiger partial charge on any atom is 0.329 e. The van der Waals surface area contributed by atoms with E-state index >= 15 is 0 Å². The number of esters is 1. The second kappa shape index (κ2) is 11.1. The van der Waals surface area contributed by atoms with Crippen molar-refractivity contribution in [1.29, 1.82) is 0 Å². The number of rotatable bonds is 8. The van der Waals surface area contributed by atoms with Gasteiger partial charge in [-0.1, -0.05) is 62.4 Å². The van der Waals surface area contributed by atoms with Crippen molar-refractivity contribution in [2.45, 2.75) is 45.1 Å². The summed E-state index contributed by atoms with van der Waals surface area (Å²) in [5, 5.41) is 5.29. The first-order valence-electron chi connectivity index (χ1n) is 14.5. The van der Waals surface area contributed by atoms with Crippen molar-refractivity contribution in [1.82, 2.24) is 4.90 Å². The monoisotopic (exact) mass is 579 g/mol. The quantitative estimate of drug-likeness (QED) is 0.301. The molecule has 2 N–H and O–H groups in total. The third-order valence-electron chi connectivity index (χ3n) is 8.60. The average molecular weight is 580 g/mol. The number of carbonyl (C=O) groups is 5. The van der Waals surface area contributed by atoms with Crippen LogP contribution in [-0.4, -0.2) is 47.1 Å². The number of nitrogens with zero attached hydrogens (tertiary/aromatic N) is 1. The predicted octanol–water partition coefficient (Wildman–Crippen LogP) is 4.43. The lowest BCUT2D eigenvalue weighted by atomic mass is 9.55. The van der Waals surface area contributed by atoms with Crippen molar-refractivity contribution in [2.24, 2.45) is 17.8 Å². The Bertz CT molecular complexity index is 1520. The first kappa shape index (κ1) is 28.3. The Kier molecular flexibility index (Phi) is 7.33. The van der Waals surface area contributed by atoms with Crippen LogP contribution in [0.2, 0.25) is 0 Å². The van der Waals surface area contributed by atoms with Gasteiger partial charge in [0.25, 0.3) is 5.91 Å². The topological polar surface area (TPSA) is 122 Å². The molecule has 0 unspecified atom stereocenters. The minimum absolute atomic E-state index is 0.0251. The molecule has 0 saturated carbocycles. The van der Waals surface area contributed by atoms with Gasteiger partial charge in [-0.3, -0.25) is 24.1 Å². The number of likely N-dealkylation sites (tertiary alicyclic amines) is 1. The normalized spacial score (nSPS) is 22.0. The molecule has 3 aromatic carbocycles. The Morgan fingerprint density at radius 2 is 1.19 bits per heavy atom. The SMILES string of the molecule is CC(=O)Nc1ccc(NC(=O)COC(=O)[C@@H](CC(C)C)N2C(=O)[C@@H]3C4c5ccccc5C(c5ccccc54)[C@@H]3C2=O)cc1. The molecule has 4 aliphatic rings. The van der Waals surface area contributed by atoms with E-state index in [1.807, 2.05) is 62.4 Å². The molecule has 220 valence electrons. The molecule has 3 atom stereocenters. The maximum absolute atomic E-state index is 14.2. The van der Waals surface area contributed by atoms with E-state index in [2.05, 4.69) is 10.6 Å². The number of hydrogen-bond donors (Lipinski definition) is 2. The van der Waals surface area contributed by atoms with Gasteiger partial charge in [-0.05, 0) is 58.9 Å². The van der Waals surface area contributed by atoms with E-state index in [4.69, 9.17) is 4.74 Å². The lowest BCUT2D eigenvalue weighted by Crippen LogP contribution is -2.47. The number of hydrogen-bond acceptors (Lipinski definition) is 6. The number of nitrogens with one attached hydrogen (secondary N) is 2. The summed E-state index contributed by atoms with van der Waals surface area (Å²) in [6.45, 7) is 4.64. The molecule has 0 spiro atoms. The second-order valence-electron chi connectivity index (χ2n) is 11.9. The van der Waals surface area contributed by atoms with E-state index in [9.17, 15) is 24.0 Å². The van der Waals surface area contributed by atoms with Crippen molar-refractivity contribution >= 4 is 41.0 Å². The summed E-state index contributed by atoms with van der Waals surface area (Å²) >= 11 is 0. The molecule has 43 heavy (non-hydrogen) atoms. The highest BCUT2D eigenvalue weighted by molar-refractivity contribution is 6.10. The number of anilines is 2. The van der Waals surface area contributed by atoms with E-state index in [1.165, 1.54) is 6.92 Å². The first-order chi connectivity index (χ1) is 20.7. The summed E-state index contributed by atoms with van der Waals surface area (Å²) in [6.07, 6.45) is 0.219. The molecule has 7 rings (SSSR count). The van der Waals surface area contributed by atoms with E-state index in [-0.39, 0.29) is 41.9 Å². The molecule has 1 saturated heterocycles. The zero-order chi connectivity index (χ0) is 30.4. The molecule has 0 radical (unpaired) electrons. The summed E-state index contributed by atoms with van der Waals surface area (Å²) in [6, 6.07) is 21.3. The van der Waals surface area contributed by atoms with Crippen molar-refractivity contribution in [3.63, 3.8) is 0 Å². The van der Waals surface area contributed by atoms with Gasteiger partial charge in [0.1, 0.15) is 6.04 Å². The molecule has 1 fully saturated rings. The fraction of sp³-hybridized carbons (Fsp3) is 0.324. The highest BCUT2D eigenvalue weighted by Crippen LogP contribution is 2.61. The van der Waals surface area contributed by atoms with Crippen LogP contribution in [0.5, 0.6) is 0 Å². The van der Waals surface area contributed by atoms with Gasteiger partial charge in [-0.25, -0.2) is 4.79 Å². The van der Waals surface area contributed by atoms with Gasteiger partial charge in [0.2, 0.25) is 17.7 Å². The number of benzene rings is 3. The van der Waals surface area contributed by atoms with Crippen LogP contribution < -0.4 is 10.6 Å². The van der Waals surface area contributed by atoms with Crippen molar-refractivity contribution in [2.75, 3.05) is 17.2 Å². The molecule has 1 aliphatic heterocycles. The minimum atomic E-state index is -1.14. The van der Waals surface area contributed by atoms with Crippen molar-refractivity contribution < 1.29 is 28.7 Å². The number of imide groups is 1. The molecule has 2 bridgehead atoms. The second-order valence-corrected chi connectivity index (χ2v) is 11.9. The van der Waals surface area contributed by atoms with Gasteiger partial charge in [-0.2, -0.15) is 0 Å². The lowest BCUT2D eigenvalue weighted by molar-refractivity contribution is -0.160. The van der Waals surface area contributed by atoms with E-state index in [0.29, 0.717) is 11.4 Å². The molecule has 3 aliphatic carbocycles. The number of ether oxygens (including phenoxy) is 1. The van der Waals surface area contributed by atoms with Gasteiger partial charge < -0.3 is 15.4 Å². The van der Waals surface area contributed by atoms with Crippen LogP contribution >= 0.6 is 0 Å². The van der Waals surface area contributed by atoms with E-state index < -0.39 is 36.4 Å². The molecular formula is C34H33N3O6. The molecule has 1 heterocycles. The van der Waals surface area contributed by atoms with Gasteiger partial charge in [0.15, 0.2) is 6.61 Å². The summed E-state index contributed by atoms with van der Waals surface area (Å²) < 4.78 is 5.42. The molecule has 9 heteroatoms. The molecule has 3 aromatic rings. The highest BCUT2D eigenvalue weighted by atomic mass is 16.5. The van der Waals surface area contributed by atoms with Crippen LogP contribution in [0.25, 0.3) is 0 Å². The van der Waals surface area contributed by atoms with Crippen molar-refractivity contribution in [3.05, 3.63) is 95.1 Å².